The van der Waals surface area contributed by atoms with E-state index in [-0.39, 0.29) is 5.69 Å². The molecule has 0 saturated heterocycles. The van der Waals surface area contributed by atoms with Gasteiger partial charge in [-0.1, -0.05) is 30.0 Å². The number of aromatic nitrogens is 1. The van der Waals surface area contributed by atoms with Crippen LogP contribution in [0, 0.1) is 17.0 Å². The Bertz CT molecular complexity index is 1370. The molecule has 9 heteroatoms. The third kappa shape index (κ3) is 5.57. The lowest BCUT2D eigenvalue weighted by Gasteiger charge is -2.09. The number of carbonyl (C=O) groups excluding carboxylic acids is 2. The number of rotatable bonds is 7. The summed E-state index contributed by atoms with van der Waals surface area (Å²) >= 11 is 1.44. The Morgan fingerprint density at radius 3 is 2.32 bits per heavy atom. The zero-order valence-corrected chi connectivity index (χ0v) is 18.9. The SMILES string of the molecule is Cc1cc(C(=O)OCC(=O)Nc2ccc(Sc3ccc([N+](=O)[O-])cc3)cc2)c2ccccc2n1. The van der Waals surface area contributed by atoms with Gasteiger partial charge in [-0.25, -0.2) is 4.79 Å². The number of ether oxygens (including phenoxy) is 1. The Labute approximate surface area is 199 Å². The van der Waals surface area contributed by atoms with Crippen LogP contribution in [0.25, 0.3) is 10.9 Å². The van der Waals surface area contributed by atoms with Gasteiger partial charge in [0.2, 0.25) is 0 Å². The summed E-state index contributed by atoms with van der Waals surface area (Å²) in [6.45, 7) is 1.37. The van der Waals surface area contributed by atoms with Crippen LogP contribution in [0.15, 0.2) is 88.7 Å². The number of nitrogens with zero attached hydrogens (tertiary/aromatic N) is 2. The van der Waals surface area contributed by atoms with Crippen LogP contribution < -0.4 is 5.32 Å². The molecule has 4 aromatic rings. The Morgan fingerprint density at radius 2 is 1.65 bits per heavy atom. The molecule has 0 unspecified atom stereocenters. The van der Waals surface area contributed by atoms with Gasteiger partial charge < -0.3 is 10.1 Å². The number of esters is 1. The van der Waals surface area contributed by atoms with Crippen molar-refractivity contribution in [3.63, 3.8) is 0 Å². The van der Waals surface area contributed by atoms with Crippen molar-refractivity contribution < 1.29 is 19.2 Å². The van der Waals surface area contributed by atoms with Gasteiger partial charge in [0.05, 0.1) is 16.0 Å². The van der Waals surface area contributed by atoms with E-state index in [0.717, 1.165) is 9.79 Å². The lowest BCUT2D eigenvalue weighted by molar-refractivity contribution is -0.384. The number of para-hydroxylation sites is 1. The summed E-state index contributed by atoms with van der Waals surface area (Å²) in [5.74, 6) is -1.05. The standard InChI is InChI=1S/C25H19N3O5S/c1-16-14-22(21-4-2-3-5-23(21)26-16)25(30)33-15-24(29)27-17-6-10-19(11-7-17)34-20-12-8-18(9-13-20)28(31)32/h2-14H,15H2,1H3,(H,27,29). The number of aryl methyl sites for hydroxylation is 1. The quantitative estimate of drug-likeness (QED) is 0.217. The summed E-state index contributed by atoms with van der Waals surface area (Å²) in [5, 5.41) is 14.1. The third-order valence-electron chi connectivity index (χ3n) is 4.82. The molecule has 1 N–H and O–H groups in total. The van der Waals surface area contributed by atoms with E-state index < -0.39 is 23.4 Å². The number of anilines is 1. The fraction of sp³-hybridized carbons (Fsp3) is 0.0800. The lowest BCUT2D eigenvalue weighted by atomic mass is 10.1. The molecular formula is C25H19N3O5S. The van der Waals surface area contributed by atoms with E-state index in [1.807, 2.05) is 30.3 Å². The number of pyridine rings is 1. The summed E-state index contributed by atoms with van der Waals surface area (Å²) < 4.78 is 5.22. The highest BCUT2D eigenvalue weighted by molar-refractivity contribution is 7.99. The molecule has 0 aliphatic rings. The van der Waals surface area contributed by atoms with E-state index in [2.05, 4.69) is 10.3 Å². The highest BCUT2D eigenvalue weighted by Crippen LogP contribution is 2.29. The summed E-state index contributed by atoms with van der Waals surface area (Å²) in [4.78, 5) is 41.3. The van der Waals surface area contributed by atoms with E-state index >= 15 is 0 Å². The number of hydrogen-bond acceptors (Lipinski definition) is 7. The van der Waals surface area contributed by atoms with Crippen molar-refractivity contribution in [3.05, 3.63) is 100 Å². The summed E-state index contributed by atoms with van der Waals surface area (Å²) in [5.41, 5.74) is 2.32. The van der Waals surface area contributed by atoms with Gasteiger partial charge in [0.1, 0.15) is 0 Å². The van der Waals surface area contributed by atoms with Crippen molar-refractivity contribution in [2.24, 2.45) is 0 Å². The second-order valence-electron chi connectivity index (χ2n) is 7.33. The maximum Gasteiger partial charge on any atom is 0.339 e. The first kappa shape index (κ1) is 22.9. The van der Waals surface area contributed by atoms with Gasteiger partial charge in [-0.05, 0) is 55.5 Å². The predicted octanol–water partition coefficient (Wildman–Crippen LogP) is 5.40. The van der Waals surface area contributed by atoms with Gasteiger partial charge in [0.15, 0.2) is 6.61 Å². The maximum atomic E-state index is 12.6. The minimum Gasteiger partial charge on any atom is -0.452 e. The van der Waals surface area contributed by atoms with Gasteiger partial charge in [-0.2, -0.15) is 0 Å². The number of nitro benzene ring substituents is 1. The van der Waals surface area contributed by atoms with Crippen molar-refractivity contribution in [1.29, 1.82) is 0 Å². The number of amides is 1. The minimum atomic E-state index is -0.591. The second-order valence-corrected chi connectivity index (χ2v) is 8.48. The van der Waals surface area contributed by atoms with Crippen molar-refractivity contribution >= 4 is 45.9 Å². The first-order chi connectivity index (χ1) is 16.4. The molecule has 1 heterocycles. The van der Waals surface area contributed by atoms with Crippen molar-refractivity contribution in [3.8, 4) is 0 Å². The van der Waals surface area contributed by atoms with Crippen molar-refractivity contribution in [2.45, 2.75) is 16.7 Å². The zero-order valence-electron chi connectivity index (χ0n) is 18.1. The summed E-state index contributed by atoms with van der Waals surface area (Å²) in [6.07, 6.45) is 0. The molecule has 3 aromatic carbocycles. The van der Waals surface area contributed by atoms with Gasteiger partial charge in [-0.3, -0.25) is 19.9 Å². The fourth-order valence-corrected chi connectivity index (χ4v) is 4.08. The highest BCUT2D eigenvalue weighted by atomic mass is 32.2. The highest BCUT2D eigenvalue weighted by Gasteiger charge is 2.15. The molecule has 1 amide bonds. The zero-order chi connectivity index (χ0) is 24.1. The third-order valence-corrected chi connectivity index (χ3v) is 5.84. The summed E-state index contributed by atoms with van der Waals surface area (Å²) in [6, 6.07) is 22.3. The monoisotopic (exact) mass is 473 g/mol. The summed E-state index contributed by atoms with van der Waals surface area (Å²) in [7, 11) is 0. The molecule has 0 spiro atoms. The van der Waals surface area contributed by atoms with Crippen molar-refractivity contribution in [2.75, 3.05) is 11.9 Å². The molecule has 4 rings (SSSR count). The average Bonchev–Trinajstić information content (AvgIpc) is 2.83. The van der Waals surface area contributed by atoms with E-state index in [9.17, 15) is 19.7 Å². The van der Waals surface area contributed by atoms with Crippen LogP contribution in [-0.4, -0.2) is 28.4 Å². The number of nitro groups is 1. The topological polar surface area (TPSA) is 111 Å². The molecule has 170 valence electrons. The number of fused-ring (bicyclic) bond motifs is 1. The van der Waals surface area contributed by atoms with Crippen LogP contribution >= 0.6 is 11.8 Å². The molecule has 1 aromatic heterocycles. The Balaban J connectivity index is 1.33. The number of nitrogens with one attached hydrogen (secondary N) is 1. The molecule has 0 saturated carbocycles. The molecule has 8 nitrogen and oxygen atoms in total. The first-order valence-electron chi connectivity index (χ1n) is 10.2. The van der Waals surface area contributed by atoms with Crippen molar-refractivity contribution in [1.82, 2.24) is 4.98 Å². The van der Waals surface area contributed by atoms with E-state index in [1.54, 1.807) is 43.3 Å². The van der Waals surface area contributed by atoms with Crippen LogP contribution in [-0.2, 0) is 9.53 Å². The molecule has 0 bridgehead atoms. The van der Waals surface area contributed by atoms with Gasteiger partial charge in [-0.15, -0.1) is 0 Å². The molecular weight excluding hydrogens is 454 g/mol. The minimum absolute atomic E-state index is 0.0374. The Kier molecular flexibility index (Phi) is 6.84. The molecule has 0 radical (unpaired) electrons. The molecule has 0 fully saturated rings. The first-order valence-corrected chi connectivity index (χ1v) is 11.1. The number of non-ortho nitro benzene ring substituents is 1. The van der Waals surface area contributed by atoms with Gasteiger partial charge in [0, 0.05) is 38.7 Å². The largest absolute Gasteiger partial charge is 0.452 e. The maximum absolute atomic E-state index is 12.6. The van der Waals surface area contributed by atoms with Crippen LogP contribution in [0.1, 0.15) is 16.1 Å². The fourth-order valence-electron chi connectivity index (χ4n) is 3.26. The van der Waals surface area contributed by atoms with Gasteiger partial charge >= 0.3 is 5.97 Å². The molecule has 0 atom stereocenters. The van der Waals surface area contributed by atoms with Crippen LogP contribution in [0.2, 0.25) is 0 Å². The van der Waals surface area contributed by atoms with Gasteiger partial charge in [0.25, 0.3) is 11.6 Å². The predicted molar refractivity (Wildman–Crippen MR) is 129 cm³/mol. The molecule has 0 aliphatic carbocycles. The Morgan fingerprint density at radius 1 is 1.00 bits per heavy atom. The number of benzene rings is 3. The smallest absolute Gasteiger partial charge is 0.339 e. The van der Waals surface area contributed by atoms with E-state index in [1.165, 1.54) is 23.9 Å². The van der Waals surface area contributed by atoms with Crippen LogP contribution in [0.4, 0.5) is 11.4 Å². The molecule has 34 heavy (non-hydrogen) atoms. The average molecular weight is 474 g/mol. The van der Waals surface area contributed by atoms with E-state index in [4.69, 9.17) is 4.74 Å². The lowest BCUT2D eigenvalue weighted by Crippen LogP contribution is -2.21. The van der Waals surface area contributed by atoms with Crippen LogP contribution in [0.5, 0.6) is 0 Å². The number of carbonyl (C=O) groups is 2. The Hall–Kier alpha value is -4.24. The second kappa shape index (κ2) is 10.1. The van der Waals surface area contributed by atoms with E-state index in [0.29, 0.717) is 27.8 Å². The molecule has 0 aliphatic heterocycles. The van der Waals surface area contributed by atoms with Crippen LogP contribution in [0.3, 0.4) is 0 Å². The normalized spacial score (nSPS) is 10.6. The number of hydrogen-bond donors (Lipinski definition) is 1.